The minimum absolute atomic E-state index is 0.494. The van der Waals surface area contributed by atoms with E-state index in [0.29, 0.717) is 0 Å². The van der Waals surface area contributed by atoms with Crippen LogP contribution in [0.2, 0.25) is 0 Å². The van der Waals surface area contributed by atoms with Crippen molar-refractivity contribution in [3.63, 3.8) is 0 Å². The van der Waals surface area contributed by atoms with Crippen LogP contribution in [0.4, 0.5) is 17.1 Å². The standard InChI is InChI=1S/C61H39NS/c1-3-17-43(18-4-1)52(48-29-15-21-41-19-7-9-25-46(41)48)37-40-33-35-50-56(38-40)61(60-59(50)51-28-12-14-32-58(51)63-60)54-30-13-11-27-49(54)53-39-45(34-36-55(53)61)62(44-23-5-2-6-24-44)57-31-16-22-42-20-8-10-26-47(42)57/h1-39H. The van der Waals surface area contributed by atoms with E-state index < -0.39 is 5.41 Å². The third kappa shape index (κ3) is 5.35. The van der Waals surface area contributed by atoms with Gasteiger partial charge in [-0.05, 0) is 120 Å². The molecule has 0 aliphatic heterocycles. The number of nitrogens with zero attached hydrogens (tertiary/aromatic N) is 1. The lowest BCUT2D eigenvalue weighted by Crippen LogP contribution is -2.25. The molecule has 1 spiro atoms. The number of para-hydroxylation sites is 1. The molecular formula is C61H39NS. The van der Waals surface area contributed by atoms with Gasteiger partial charge in [-0.2, -0.15) is 0 Å². The molecule has 13 rings (SSSR count). The first kappa shape index (κ1) is 35.9. The number of hydrogen-bond donors (Lipinski definition) is 0. The average molecular weight is 818 g/mol. The van der Waals surface area contributed by atoms with Crippen LogP contribution in [0.1, 0.15) is 38.3 Å². The van der Waals surface area contributed by atoms with Crippen LogP contribution in [0, 0.1) is 0 Å². The average Bonchev–Trinajstić information content (AvgIpc) is 3.97. The molecule has 1 aromatic heterocycles. The molecule has 294 valence electrons. The normalized spacial score (nSPS) is 14.8. The van der Waals surface area contributed by atoms with Gasteiger partial charge in [-0.1, -0.05) is 188 Å². The van der Waals surface area contributed by atoms with Gasteiger partial charge in [-0.15, -0.1) is 11.3 Å². The van der Waals surface area contributed by atoms with Gasteiger partial charge >= 0.3 is 0 Å². The lowest BCUT2D eigenvalue weighted by molar-refractivity contribution is 0.811. The highest BCUT2D eigenvalue weighted by molar-refractivity contribution is 7.20. The molecule has 0 saturated heterocycles. The van der Waals surface area contributed by atoms with Crippen molar-refractivity contribution in [1.29, 1.82) is 0 Å². The molecule has 0 fully saturated rings. The Morgan fingerprint density at radius 2 is 1.08 bits per heavy atom. The Morgan fingerprint density at radius 3 is 1.92 bits per heavy atom. The highest BCUT2D eigenvalue weighted by atomic mass is 32.1. The van der Waals surface area contributed by atoms with Crippen LogP contribution < -0.4 is 4.90 Å². The van der Waals surface area contributed by atoms with Crippen LogP contribution in [-0.2, 0) is 5.41 Å². The zero-order chi connectivity index (χ0) is 41.5. The van der Waals surface area contributed by atoms with Crippen molar-refractivity contribution in [1.82, 2.24) is 0 Å². The first-order valence-corrected chi connectivity index (χ1v) is 22.6. The second-order valence-electron chi connectivity index (χ2n) is 16.8. The molecular weight excluding hydrogens is 779 g/mol. The summed E-state index contributed by atoms with van der Waals surface area (Å²) in [6.07, 6.45) is 2.42. The van der Waals surface area contributed by atoms with E-state index in [-0.39, 0.29) is 0 Å². The topological polar surface area (TPSA) is 3.24 Å². The number of anilines is 3. The summed E-state index contributed by atoms with van der Waals surface area (Å²) in [4.78, 5) is 3.84. The SMILES string of the molecule is C(=C(c1ccccc1)c1cccc2ccccc12)c1ccc2c(c1)C1(c3ccccc3-c3cc(N(c4ccccc4)c4cccc5ccccc45)ccc31)c1sc3ccccc3c1-2. The van der Waals surface area contributed by atoms with Crippen molar-refractivity contribution < 1.29 is 0 Å². The van der Waals surface area contributed by atoms with Crippen molar-refractivity contribution in [3.8, 4) is 22.3 Å². The van der Waals surface area contributed by atoms with Crippen molar-refractivity contribution in [2.75, 3.05) is 4.90 Å². The zero-order valence-corrected chi connectivity index (χ0v) is 35.2. The highest BCUT2D eigenvalue weighted by Crippen LogP contribution is 2.66. The Hall–Kier alpha value is -7.78. The fraction of sp³-hybridized carbons (Fsp3) is 0.0164. The second-order valence-corrected chi connectivity index (χ2v) is 17.8. The van der Waals surface area contributed by atoms with Crippen molar-refractivity contribution in [2.45, 2.75) is 5.41 Å². The molecule has 0 saturated carbocycles. The van der Waals surface area contributed by atoms with E-state index in [1.807, 2.05) is 11.3 Å². The largest absolute Gasteiger partial charge is 0.310 e. The van der Waals surface area contributed by atoms with Crippen LogP contribution in [0.5, 0.6) is 0 Å². The Labute approximate surface area is 371 Å². The molecule has 0 amide bonds. The maximum atomic E-state index is 2.51. The quantitative estimate of drug-likeness (QED) is 0.151. The third-order valence-corrected chi connectivity index (χ3v) is 14.7. The van der Waals surface area contributed by atoms with Gasteiger partial charge in [0, 0.05) is 37.3 Å². The maximum absolute atomic E-state index is 2.51. The minimum Gasteiger partial charge on any atom is -0.310 e. The van der Waals surface area contributed by atoms with Gasteiger partial charge in [-0.3, -0.25) is 0 Å². The molecule has 1 nitrogen and oxygen atoms in total. The molecule has 0 bridgehead atoms. The molecule has 1 atom stereocenters. The molecule has 10 aromatic carbocycles. The zero-order valence-electron chi connectivity index (χ0n) is 34.4. The maximum Gasteiger partial charge on any atom is 0.0819 e. The van der Waals surface area contributed by atoms with Gasteiger partial charge < -0.3 is 4.90 Å². The first-order chi connectivity index (χ1) is 31.3. The van der Waals surface area contributed by atoms with E-state index in [1.54, 1.807) is 0 Å². The van der Waals surface area contributed by atoms with Crippen LogP contribution >= 0.6 is 11.3 Å². The highest BCUT2D eigenvalue weighted by Gasteiger charge is 2.53. The molecule has 2 aliphatic rings. The van der Waals surface area contributed by atoms with Crippen LogP contribution in [-0.4, -0.2) is 0 Å². The molecule has 1 unspecified atom stereocenters. The summed E-state index contributed by atoms with van der Waals surface area (Å²) in [7, 11) is 0. The first-order valence-electron chi connectivity index (χ1n) is 21.8. The van der Waals surface area contributed by atoms with E-state index >= 15 is 0 Å². The fourth-order valence-electron chi connectivity index (χ4n) is 10.8. The number of benzene rings is 10. The Morgan fingerprint density at radius 1 is 0.429 bits per heavy atom. The van der Waals surface area contributed by atoms with Crippen molar-refractivity contribution >= 4 is 71.7 Å². The molecule has 0 N–H and O–H groups in total. The van der Waals surface area contributed by atoms with Crippen LogP contribution in [0.15, 0.2) is 231 Å². The van der Waals surface area contributed by atoms with Crippen LogP contribution in [0.3, 0.4) is 0 Å². The number of rotatable bonds is 6. The van der Waals surface area contributed by atoms with E-state index in [2.05, 4.69) is 241 Å². The van der Waals surface area contributed by atoms with Crippen LogP contribution in [0.25, 0.3) is 65.5 Å². The summed E-state index contributed by atoms with van der Waals surface area (Å²) < 4.78 is 1.33. The van der Waals surface area contributed by atoms with E-state index in [1.165, 1.54) is 97.7 Å². The monoisotopic (exact) mass is 817 g/mol. The van der Waals surface area contributed by atoms with E-state index in [0.717, 1.165) is 17.1 Å². The minimum atomic E-state index is -0.494. The number of hydrogen-bond acceptors (Lipinski definition) is 2. The number of thiophene rings is 1. The Balaban J connectivity index is 1.07. The van der Waals surface area contributed by atoms with E-state index in [4.69, 9.17) is 0 Å². The summed E-state index contributed by atoms with van der Waals surface area (Å²) in [5.41, 5.74) is 17.1. The van der Waals surface area contributed by atoms with Gasteiger partial charge in [0.2, 0.25) is 0 Å². The Bertz CT molecular complexity index is 3620. The van der Waals surface area contributed by atoms with Gasteiger partial charge in [-0.25, -0.2) is 0 Å². The molecule has 63 heavy (non-hydrogen) atoms. The Kier molecular flexibility index (Phi) is 8.06. The third-order valence-electron chi connectivity index (χ3n) is 13.4. The molecule has 2 aliphatic carbocycles. The van der Waals surface area contributed by atoms with E-state index in [9.17, 15) is 0 Å². The second kappa shape index (κ2) is 14.1. The predicted molar refractivity (Wildman–Crippen MR) is 268 cm³/mol. The molecule has 0 radical (unpaired) electrons. The number of fused-ring (bicyclic) bond motifs is 14. The van der Waals surface area contributed by atoms with Crippen molar-refractivity contribution in [3.05, 3.63) is 269 Å². The van der Waals surface area contributed by atoms with Gasteiger partial charge in [0.25, 0.3) is 0 Å². The molecule has 1 heterocycles. The summed E-state index contributed by atoms with van der Waals surface area (Å²) in [6, 6.07) is 85.2. The summed E-state index contributed by atoms with van der Waals surface area (Å²) >= 11 is 1.96. The fourth-order valence-corrected chi connectivity index (χ4v) is 12.2. The predicted octanol–water partition coefficient (Wildman–Crippen LogP) is 16.6. The van der Waals surface area contributed by atoms with Gasteiger partial charge in [0.15, 0.2) is 0 Å². The summed E-state index contributed by atoms with van der Waals surface area (Å²) in [5, 5.41) is 6.27. The molecule has 11 aromatic rings. The van der Waals surface area contributed by atoms with Gasteiger partial charge in [0.1, 0.15) is 0 Å². The smallest absolute Gasteiger partial charge is 0.0819 e. The molecule has 2 heteroatoms. The van der Waals surface area contributed by atoms with Gasteiger partial charge in [0.05, 0.1) is 11.1 Å². The lowest BCUT2D eigenvalue weighted by atomic mass is 9.73. The summed E-state index contributed by atoms with van der Waals surface area (Å²) in [5.74, 6) is 0. The summed E-state index contributed by atoms with van der Waals surface area (Å²) in [6.45, 7) is 0. The lowest BCUT2D eigenvalue weighted by Gasteiger charge is -2.31. The van der Waals surface area contributed by atoms with Crippen molar-refractivity contribution in [2.24, 2.45) is 0 Å².